The third kappa shape index (κ3) is 4.16. The molecule has 1 aliphatic rings. The highest BCUT2D eigenvalue weighted by atomic mass is 32.2. The molecule has 0 spiro atoms. The summed E-state index contributed by atoms with van der Waals surface area (Å²) in [5, 5.41) is 7.02. The maximum atomic E-state index is 13.5. The van der Waals surface area contributed by atoms with Gasteiger partial charge in [0.05, 0.1) is 18.5 Å². The van der Waals surface area contributed by atoms with Crippen molar-refractivity contribution in [1.82, 2.24) is 9.78 Å². The Hall–Kier alpha value is -3.66. The van der Waals surface area contributed by atoms with Crippen LogP contribution in [0.4, 0.5) is 11.5 Å². The second kappa shape index (κ2) is 8.60. The largest absolute Gasteiger partial charge is 0.495 e. The van der Waals surface area contributed by atoms with Crippen LogP contribution in [0.5, 0.6) is 5.75 Å². The molecule has 1 aliphatic heterocycles. The van der Waals surface area contributed by atoms with Crippen LogP contribution in [0.2, 0.25) is 0 Å². The zero-order valence-electron chi connectivity index (χ0n) is 19.6. The molecule has 0 unspecified atom stereocenters. The highest BCUT2D eigenvalue weighted by Crippen LogP contribution is 2.37. The molecule has 3 aromatic rings. The topological polar surface area (TPSA) is 119 Å². The minimum absolute atomic E-state index is 0.0425. The Bertz CT molecular complexity index is 1420. The third-order valence-electron chi connectivity index (χ3n) is 5.78. The van der Waals surface area contributed by atoms with E-state index in [1.54, 1.807) is 19.1 Å². The first-order valence-electron chi connectivity index (χ1n) is 10.7. The molecule has 4 rings (SSSR count). The van der Waals surface area contributed by atoms with E-state index in [4.69, 9.17) is 4.74 Å². The van der Waals surface area contributed by atoms with E-state index >= 15 is 0 Å². The average molecular weight is 483 g/mol. The smallest absolute Gasteiger partial charge is 0.265 e. The molecule has 1 aromatic heterocycles. The minimum Gasteiger partial charge on any atom is -0.495 e. The first-order valence-corrected chi connectivity index (χ1v) is 12.2. The number of hydrogen-bond donors (Lipinski definition) is 2. The van der Waals surface area contributed by atoms with Crippen molar-refractivity contribution in [3.8, 4) is 16.9 Å². The van der Waals surface area contributed by atoms with E-state index in [9.17, 15) is 18.0 Å². The predicted molar refractivity (Wildman–Crippen MR) is 129 cm³/mol. The molecule has 10 heteroatoms. The quantitative estimate of drug-likeness (QED) is 0.568. The lowest BCUT2D eigenvalue weighted by Gasteiger charge is -2.17. The number of fused-ring (bicyclic) bond motifs is 1. The first-order chi connectivity index (χ1) is 16.0. The number of carbonyl (C=O) groups is 2. The Morgan fingerprint density at radius 3 is 2.35 bits per heavy atom. The molecular formula is C24H26N4O5S. The van der Waals surface area contributed by atoms with Gasteiger partial charge in [0, 0.05) is 18.4 Å². The van der Waals surface area contributed by atoms with Crippen molar-refractivity contribution in [3.63, 3.8) is 0 Å². The molecule has 0 atom stereocenters. The summed E-state index contributed by atoms with van der Waals surface area (Å²) in [5.41, 5.74) is 4.58. The van der Waals surface area contributed by atoms with E-state index in [2.05, 4.69) is 15.1 Å². The van der Waals surface area contributed by atoms with Gasteiger partial charge < -0.3 is 10.1 Å². The number of nitrogens with one attached hydrogen (secondary N) is 2. The molecule has 0 fully saturated rings. The number of carbonyl (C=O) groups excluding carboxylic acids is 2. The monoisotopic (exact) mass is 482 g/mol. The van der Waals surface area contributed by atoms with Crippen molar-refractivity contribution in [2.45, 2.75) is 45.4 Å². The maximum absolute atomic E-state index is 13.5. The van der Waals surface area contributed by atoms with Gasteiger partial charge >= 0.3 is 0 Å². The average Bonchev–Trinajstić information content (AvgIpc) is 3.02. The van der Waals surface area contributed by atoms with E-state index < -0.39 is 10.0 Å². The van der Waals surface area contributed by atoms with Crippen molar-refractivity contribution in [2.75, 3.05) is 17.1 Å². The number of ether oxygens (including phenoxy) is 1. The van der Waals surface area contributed by atoms with Crippen LogP contribution < -0.4 is 14.8 Å². The van der Waals surface area contributed by atoms with Gasteiger partial charge in [-0.15, -0.1) is 0 Å². The number of methoxy groups -OCH3 is 1. The van der Waals surface area contributed by atoms with Crippen LogP contribution in [0.15, 0.2) is 35.2 Å². The molecule has 178 valence electrons. The van der Waals surface area contributed by atoms with Crippen LogP contribution in [-0.2, 0) is 14.8 Å². The zero-order valence-corrected chi connectivity index (χ0v) is 20.5. The van der Waals surface area contributed by atoms with Crippen LogP contribution in [0.25, 0.3) is 11.1 Å². The Morgan fingerprint density at radius 2 is 1.71 bits per heavy atom. The molecule has 34 heavy (non-hydrogen) atoms. The lowest BCUT2D eigenvalue weighted by molar-refractivity contribution is -0.116. The highest BCUT2D eigenvalue weighted by Gasteiger charge is 2.28. The number of rotatable bonds is 5. The molecule has 0 saturated carbocycles. The van der Waals surface area contributed by atoms with Gasteiger partial charge in [0.25, 0.3) is 10.0 Å². The molecule has 9 nitrogen and oxygen atoms in total. The molecular weight excluding hydrogens is 456 g/mol. The first kappa shape index (κ1) is 23.5. The van der Waals surface area contributed by atoms with E-state index in [-0.39, 0.29) is 41.1 Å². The van der Waals surface area contributed by atoms with Crippen molar-refractivity contribution in [2.24, 2.45) is 0 Å². The molecule has 0 saturated heterocycles. The van der Waals surface area contributed by atoms with Gasteiger partial charge in [0.1, 0.15) is 16.5 Å². The van der Waals surface area contributed by atoms with Gasteiger partial charge in [-0.05, 0) is 56.5 Å². The Kier molecular flexibility index (Phi) is 5.94. The second-order valence-corrected chi connectivity index (χ2v) is 10.1. The van der Waals surface area contributed by atoms with Crippen molar-refractivity contribution in [1.29, 1.82) is 0 Å². The Morgan fingerprint density at radius 1 is 1.03 bits per heavy atom. The van der Waals surface area contributed by atoms with E-state index in [1.807, 2.05) is 32.9 Å². The van der Waals surface area contributed by atoms with E-state index in [1.165, 1.54) is 17.9 Å². The number of benzene rings is 2. The van der Waals surface area contributed by atoms with Gasteiger partial charge in [0.15, 0.2) is 0 Å². The predicted octanol–water partition coefficient (Wildman–Crippen LogP) is 3.97. The summed E-state index contributed by atoms with van der Waals surface area (Å²) in [6.45, 7) is 7.34. The molecule has 2 N–H and O–H groups in total. The third-order valence-corrected chi connectivity index (χ3v) is 7.15. The summed E-state index contributed by atoms with van der Waals surface area (Å²) in [4.78, 5) is 24.5. The van der Waals surface area contributed by atoms with Gasteiger partial charge in [-0.25, -0.2) is 8.42 Å². The summed E-state index contributed by atoms with van der Waals surface area (Å²) in [5.74, 6) is -0.218. The van der Waals surface area contributed by atoms with Crippen LogP contribution >= 0.6 is 0 Å². The van der Waals surface area contributed by atoms with Crippen LogP contribution in [-0.4, -0.2) is 37.1 Å². The van der Waals surface area contributed by atoms with E-state index in [0.29, 0.717) is 22.5 Å². The number of nitrogens with zero attached hydrogens (tertiary/aromatic N) is 2. The van der Waals surface area contributed by atoms with Crippen LogP contribution in [0.1, 0.15) is 40.0 Å². The standard InChI is InChI=1S/C24H26N4O5S/c1-13-10-14(2)23(15(3)11-13)27-34(31,32)19-12-17(6-7-18(19)33-5)22-16(4)26-28-21(30)9-8-20(29)25-24(22)28/h6-7,10-12,27H,8-9H2,1-5H3,(H,25,29). The molecule has 0 radical (unpaired) electrons. The number of aromatic nitrogens is 2. The van der Waals surface area contributed by atoms with Gasteiger partial charge in [-0.1, -0.05) is 23.8 Å². The molecule has 2 aromatic carbocycles. The molecule has 0 aliphatic carbocycles. The summed E-state index contributed by atoms with van der Waals surface area (Å²) in [7, 11) is -2.65. The fraction of sp³-hybridized carbons (Fsp3) is 0.292. The summed E-state index contributed by atoms with van der Waals surface area (Å²) >= 11 is 0. The van der Waals surface area contributed by atoms with Crippen molar-refractivity contribution in [3.05, 3.63) is 52.7 Å². The SMILES string of the molecule is COc1ccc(-c2c(C)nn3c2NC(=O)CCC3=O)cc1S(=O)(=O)Nc1c(C)cc(C)cc1C. The number of hydrogen-bond acceptors (Lipinski definition) is 6. The summed E-state index contributed by atoms with van der Waals surface area (Å²) in [6, 6.07) is 8.50. The van der Waals surface area contributed by atoms with Gasteiger partial charge in [-0.3, -0.25) is 14.3 Å². The molecule has 0 bridgehead atoms. The zero-order chi connectivity index (χ0) is 24.8. The number of sulfonamides is 1. The summed E-state index contributed by atoms with van der Waals surface area (Å²) < 4.78 is 36.2. The highest BCUT2D eigenvalue weighted by molar-refractivity contribution is 7.92. The van der Waals surface area contributed by atoms with Crippen molar-refractivity contribution >= 4 is 33.3 Å². The lowest BCUT2D eigenvalue weighted by Crippen LogP contribution is -2.16. The number of anilines is 2. The van der Waals surface area contributed by atoms with Crippen LogP contribution in [0.3, 0.4) is 0 Å². The fourth-order valence-electron chi connectivity index (χ4n) is 4.26. The van der Waals surface area contributed by atoms with Crippen molar-refractivity contribution < 1.29 is 22.7 Å². The van der Waals surface area contributed by atoms with E-state index in [0.717, 1.165) is 16.7 Å². The lowest BCUT2D eigenvalue weighted by atomic mass is 10.1. The fourth-order valence-corrected chi connectivity index (χ4v) is 5.66. The normalized spacial score (nSPS) is 13.8. The van der Waals surface area contributed by atoms with Crippen LogP contribution in [0, 0.1) is 27.7 Å². The Balaban J connectivity index is 1.85. The molecule has 2 heterocycles. The number of aryl methyl sites for hydroxylation is 4. The summed E-state index contributed by atoms with van der Waals surface area (Å²) in [6.07, 6.45) is 0.100. The Labute approximate surface area is 198 Å². The second-order valence-electron chi connectivity index (χ2n) is 8.41. The maximum Gasteiger partial charge on any atom is 0.265 e. The van der Waals surface area contributed by atoms with Gasteiger partial charge in [0.2, 0.25) is 11.8 Å². The minimum atomic E-state index is -4.05. The molecule has 1 amide bonds. The van der Waals surface area contributed by atoms with Gasteiger partial charge in [-0.2, -0.15) is 9.78 Å². The number of amides is 1.